The minimum Gasteiger partial charge on any atom is -0.309 e. The Morgan fingerprint density at radius 2 is 0.581 bits per heavy atom. The van der Waals surface area contributed by atoms with E-state index in [4.69, 9.17) is 0 Å². The Morgan fingerprint density at radius 1 is 0.297 bits per heavy atom. The van der Waals surface area contributed by atoms with Gasteiger partial charge in [0, 0.05) is 54.5 Å². The maximum absolute atomic E-state index is 14.7. The lowest BCUT2D eigenvalue weighted by Crippen LogP contribution is -2.11. The molecular formula is C63H35F6N5. The maximum atomic E-state index is 14.7. The number of para-hydroxylation sites is 6. The Kier molecular flexibility index (Phi) is 9.20. The number of hydrogen-bond donors (Lipinski definition) is 0. The van der Waals surface area contributed by atoms with Gasteiger partial charge < -0.3 is 18.3 Å². The van der Waals surface area contributed by atoms with Crippen molar-refractivity contribution < 1.29 is 26.3 Å². The monoisotopic (exact) mass is 975 g/mol. The van der Waals surface area contributed by atoms with Gasteiger partial charge in [-0.15, -0.1) is 0 Å². The lowest BCUT2D eigenvalue weighted by Gasteiger charge is -2.20. The second-order valence-corrected chi connectivity index (χ2v) is 18.6. The molecule has 4 heterocycles. The van der Waals surface area contributed by atoms with Crippen molar-refractivity contribution in [2.24, 2.45) is 0 Å². The summed E-state index contributed by atoms with van der Waals surface area (Å²) in [5.74, 6) is 0. The van der Waals surface area contributed by atoms with Crippen molar-refractivity contribution in [2.75, 3.05) is 0 Å². The van der Waals surface area contributed by atoms with Gasteiger partial charge in [0.05, 0.1) is 66.6 Å². The summed E-state index contributed by atoms with van der Waals surface area (Å²) in [5.41, 5.74) is 6.03. The summed E-state index contributed by atoms with van der Waals surface area (Å²) in [4.78, 5) is 0. The molecule has 0 spiro atoms. The van der Waals surface area contributed by atoms with E-state index in [-0.39, 0.29) is 34.1 Å². The predicted molar refractivity (Wildman–Crippen MR) is 284 cm³/mol. The predicted octanol–water partition coefficient (Wildman–Crippen LogP) is 17.7. The number of fused-ring (bicyclic) bond motifs is 12. The van der Waals surface area contributed by atoms with Crippen molar-refractivity contribution in [3.05, 3.63) is 229 Å². The van der Waals surface area contributed by atoms with E-state index in [0.717, 1.165) is 88.7 Å². The first kappa shape index (κ1) is 43.3. The Bertz CT molecular complexity index is 4340. The quantitative estimate of drug-likeness (QED) is 0.159. The van der Waals surface area contributed by atoms with Crippen molar-refractivity contribution in [1.29, 1.82) is 5.26 Å². The van der Waals surface area contributed by atoms with Crippen molar-refractivity contribution in [2.45, 2.75) is 12.4 Å². The molecule has 0 aliphatic heterocycles. The zero-order valence-electron chi connectivity index (χ0n) is 38.7. The Balaban J connectivity index is 1.07. The largest absolute Gasteiger partial charge is 0.416 e. The van der Waals surface area contributed by atoms with Crippen LogP contribution in [0.25, 0.3) is 121 Å². The molecule has 14 aromatic rings. The number of aromatic nitrogens is 4. The highest BCUT2D eigenvalue weighted by Crippen LogP contribution is 2.45. The van der Waals surface area contributed by atoms with Crippen LogP contribution in [0.4, 0.5) is 26.3 Å². The van der Waals surface area contributed by atoms with E-state index in [1.165, 1.54) is 0 Å². The summed E-state index contributed by atoms with van der Waals surface area (Å²) >= 11 is 0. The van der Waals surface area contributed by atoms with Gasteiger partial charge in [-0.1, -0.05) is 109 Å². The van der Waals surface area contributed by atoms with Gasteiger partial charge in [-0.25, -0.2) is 0 Å². The Hall–Kier alpha value is -9.53. The van der Waals surface area contributed by atoms with Crippen LogP contribution in [0.2, 0.25) is 0 Å². The molecule has 0 saturated heterocycles. The summed E-state index contributed by atoms with van der Waals surface area (Å²) in [6, 6.07) is 67.4. The first-order valence-corrected chi connectivity index (χ1v) is 23.9. The molecule has 0 unspecified atom stereocenters. The molecule has 4 aromatic heterocycles. The van der Waals surface area contributed by atoms with E-state index in [9.17, 15) is 31.6 Å². The third-order valence-electron chi connectivity index (χ3n) is 14.6. The van der Waals surface area contributed by atoms with Crippen LogP contribution in [0.5, 0.6) is 0 Å². The SMILES string of the molecule is N#Cc1c(-n2c3ccccc3c3cc(-n4c5ccccc5c5ccccc54)ccc32)cc(-c2cc(C(F)(F)F)cc(C(F)(F)F)c2)cc1-n1c2ccccc2c2cc(-n3c4ccccc4c4ccccc43)ccc21. The van der Waals surface area contributed by atoms with Crippen LogP contribution in [0.15, 0.2) is 212 Å². The number of nitriles is 1. The highest BCUT2D eigenvalue weighted by molar-refractivity contribution is 6.14. The van der Waals surface area contributed by atoms with Crippen LogP contribution >= 0.6 is 0 Å². The highest BCUT2D eigenvalue weighted by atomic mass is 19.4. The van der Waals surface area contributed by atoms with E-state index in [1.807, 2.05) is 130 Å². The van der Waals surface area contributed by atoms with Crippen LogP contribution in [-0.2, 0) is 12.4 Å². The molecule has 0 aliphatic carbocycles. The van der Waals surface area contributed by atoms with Crippen molar-refractivity contribution in [3.8, 4) is 39.9 Å². The minimum atomic E-state index is -5.10. The fourth-order valence-corrected chi connectivity index (χ4v) is 11.5. The average Bonchev–Trinajstić information content (AvgIpc) is 4.15. The molecule has 0 N–H and O–H groups in total. The molecule has 11 heteroatoms. The maximum Gasteiger partial charge on any atom is 0.416 e. The van der Waals surface area contributed by atoms with Gasteiger partial charge >= 0.3 is 12.4 Å². The van der Waals surface area contributed by atoms with Gasteiger partial charge in [0.25, 0.3) is 0 Å². The van der Waals surface area contributed by atoms with Gasteiger partial charge in [-0.05, 0) is 114 Å². The third kappa shape index (κ3) is 6.37. The molecule has 5 nitrogen and oxygen atoms in total. The van der Waals surface area contributed by atoms with Crippen LogP contribution in [0, 0.1) is 11.3 Å². The number of nitrogens with zero attached hydrogens (tertiary/aromatic N) is 5. The van der Waals surface area contributed by atoms with Gasteiger partial charge in [0.2, 0.25) is 0 Å². The van der Waals surface area contributed by atoms with E-state index >= 15 is 0 Å². The van der Waals surface area contributed by atoms with Crippen LogP contribution < -0.4 is 0 Å². The number of rotatable bonds is 5. The number of alkyl halides is 6. The van der Waals surface area contributed by atoms with E-state index in [0.29, 0.717) is 22.1 Å². The Morgan fingerprint density at radius 3 is 0.905 bits per heavy atom. The fourth-order valence-electron chi connectivity index (χ4n) is 11.5. The molecule has 0 atom stereocenters. The lowest BCUT2D eigenvalue weighted by atomic mass is 9.96. The summed E-state index contributed by atoms with van der Waals surface area (Å²) in [7, 11) is 0. The molecule has 0 bridgehead atoms. The summed E-state index contributed by atoms with van der Waals surface area (Å²) in [6.45, 7) is 0. The topological polar surface area (TPSA) is 43.5 Å². The smallest absolute Gasteiger partial charge is 0.309 e. The van der Waals surface area contributed by atoms with Gasteiger partial charge in [-0.3, -0.25) is 0 Å². The van der Waals surface area contributed by atoms with Crippen LogP contribution in [0.1, 0.15) is 16.7 Å². The first-order chi connectivity index (χ1) is 35.9. The van der Waals surface area contributed by atoms with Gasteiger partial charge in [0.15, 0.2) is 0 Å². The van der Waals surface area contributed by atoms with Crippen molar-refractivity contribution >= 4 is 87.2 Å². The van der Waals surface area contributed by atoms with E-state index in [1.54, 1.807) is 12.1 Å². The lowest BCUT2D eigenvalue weighted by molar-refractivity contribution is -0.143. The minimum absolute atomic E-state index is 0.0475. The molecule has 0 radical (unpaired) electrons. The molecule has 0 saturated carbocycles. The molecule has 0 amide bonds. The summed E-state index contributed by atoms with van der Waals surface area (Å²) in [5, 5.41) is 19.3. The normalized spacial score (nSPS) is 12.4. The van der Waals surface area contributed by atoms with Crippen molar-refractivity contribution in [1.82, 2.24) is 18.3 Å². The van der Waals surface area contributed by atoms with E-state index in [2.05, 4.69) is 75.9 Å². The summed E-state index contributed by atoms with van der Waals surface area (Å²) < 4.78 is 96.2. The first-order valence-electron chi connectivity index (χ1n) is 23.9. The third-order valence-corrected chi connectivity index (χ3v) is 14.6. The van der Waals surface area contributed by atoms with Crippen LogP contribution in [-0.4, -0.2) is 18.3 Å². The molecule has 354 valence electrons. The molecular weight excluding hydrogens is 941 g/mol. The number of benzene rings is 10. The van der Waals surface area contributed by atoms with Crippen LogP contribution in [0.3, 0.4) is 0 Å². The van der Waals surface area contributed by atoms with Gasteiger partial charge in [0.1, 0.15) is 11.6 Å². The fraction of sp³-hybridized carbons (Fsp3) is 0.0317. The second kappa shape index (κ2) is 15.7. The number of hydrogen-bond acceptors (Lipinski definition) is 1. The molecule has 0 aliphatic rings. The summed E-state index contributed by atoms with van der Waals surface area (Å²) in [6.07, 6.45) is -10.2. The molecule has 10 aromatic carbocycles. The molecule has 14 rings (SSSR count). The molecule has 74 heavy (non-hydrogen) atoms. The second-order valence-electron chi connectivity index (χ2n) is 18.6. The number of halogens is 6. The standard InChI is InChI=1S/C63H35F6N5/c64-62(65,66)39-29-37(30-40(33-39)63(67,68)69)38-31-60(73-56-23-11-5-17-47(56)49-34-41(25-27-58(49)73)71-52-19-7-1-13-43(52)44-14-2-8-20-53(44)71)51(36-70)61(32-38)74-57-24-12-6-18-48(57)50-35-42(26-28-59(50)74)72-54-21-9-3-15-45(54)46-16-4-10-22-55(46)72/h1-35H. The van der Waals surface area contributed by atoms with E-state index < -0.39 is 23.5 Å². The van der Waals surface area contributed by atoms with Crippen molar-refractivity contribution in [3.63, 3.8) is 0 Å². The zero-order valence-corrected chi connectivity index (χ0v) is 38.7. The molecule has 0 fully saturated rings. The highest BCUT2D eigenvalue weighted by Gasteiger charge is 2.37. The zero-order chi connectivity index (χ0) is 50.2. The average molecular weight is 976 g/mol. The Labute approximate surface area is 416 Å². The van der Waals surface area contributed by atoms with Gasteiger partial charge in [-0.2, -0.15) is 31.6 Å².